The van der Waals surface area contributed by atoms with Crippen molar-refractivity contribution in [2.24, 2.45) is 5.92 Å². The fraction of sp³-hybridized carbons (Fsp3) is 0.375. The number of nitriles is 1. The monoisotopic (exact) mass is 449 g/mol. The molecule has 0 aromatic heterocycles. The molecule has 0 radical (unpaired) electrons. The van der Waals surface area contributed by atoms with Gasteiger partial charge in [0, 0.05) is 23.7 Å². The zero-order valence-electron chi connectivity index (χ0n) is 17.7. The van der Waals surface area contributed by atoms with Gasteiger partial charge in [-0.1, -0.05) is 23.7 Å². The summed E-state index contributed by atoms with van der Waals surface area (Å²) in [7, 11) is 0. The van der Waals surface area contributed by atoms with Crippen LogP contribution in [0, 0.1) is 17.2 Å². The molecule has 4 atom stereocenters. The summed E-state index contributed by atoms with van der Waals surface area (Å²) in [6.07, 6.45) is 1.80. The van der Waals surface area contributed by atoms with Crippen molar-refractivity contribution in [3.8, 4) is 6.07 Å². The number of rotatable bonds is 5. The van der Waals surface area contributed by atoms with Crippen molar-refractivity contribution < 1.29 is 9.59 Å². The van der Waals surface area contributed by atoms with Crippen molar-refractivity contribution in [3.63, 3.8) is 0 Å². The maximum atomic E-state index is 13.5. The second-order valence-electron chi connectivity index (χ2n) is 8.77. The number of nitrogens with zero attached hydrogens (tertiary/aromatic N) is 3. The van der Waals surface area contributed by atoms with Gasteiger partial charge in [0.15, 0.2) is 0 Å². The van der Waals surface area contributed by atoms with E-state index in [-0.39, 0.29) is 36.5 Å². The van der Waals surface area contributed by atoms with E-state index in [9.17, 15) is 14.9 Å². The molecule has 32 heavy (non-hydrogen) atoms. The molecular weight excluding hydrogens is 426 g/mol. The van der Waals surface area contributed by atoms with Gasteiger partial charge < -0.3 is 20.4 Å². The molecule has 3 aliphatic rings. The lowest BCUT2D eigenvalue weighted by Crippen LogP contribution is -2.48. The molecular formula is C24H24ClN5O2. The number of carbonyl (C=O) groups is 2. The largest absolute Gasteiger partial charge is 0.353 e. The summed E-state index contributed by atoms with van der Waals surface area (Å²) >= 11 is 6.17. The maximum Gasteiger partial charge on any atom is 0.260 e. The van der Waals surface area contributed by atoms with Gasteiger partial charge in [-0.25, -0.2) is 0 Å². The average Bonchev–Trinajstić information content (AvgIpc) is 3.48. The van der Waals surface area contributed by atoms with E-state index in [2.05, 4.69) is 16.7 Å². The number of piperidine rings is 1. The van der Waals surface area contributed by atoms with Crippen LogP contribution in [-0.2, 0) is 4.79 Å². The van der Waals surface area contributed by atoms with E-state index in [0.717, 1.165) is 24.2 Å². The number of hydrogen-bond acceptors (Lipinski definition) is 5. The Bertz CT molecular complexity index is 1130. The molecule has 164 valence electrons. The molecule has 2 N–H and O–H groups in total. The van der Waals surface area contributed by atoms with E-state index in [1.807, 2.05) is 37.3 Å². The van der Waals surface area contributed by atoms with Gasteiger partial charge in [0.25, 0.3) is 5.91 Å². The minimum Gasteiger partial charge on any atom is -0.353 e. The van der Waals surface area contributed by atoms with Crippen LogP contribution < -0.4 is 15.5 Å². The SMILES string of the molecule is C[C@H](CN1C(=O)c2cc(Cl)ccc2Nc2ccccc21)NCC(=O)N1[C@H](C#N)C[C@@H]2C[C@@H]21. The standard InChI is InChI=1S/C24H24ClN5O2/c1-14(27-12-23(31)30-17(11-26)8-15-9-22(15)30)13-29-21-5-3-2-4-20(21)28-19-7-6-16(25)10-18(19)24(29)32/h2-7,10,14-15,17,22,27-28H,8-9,12-13H2,1H3/t14-,15-,17+,22+/m1/s1. The van der Waals surface area contributed by atoms with Gasteiger partial charge in [-0.15, -0.1) is 0 Å². The maximum absolute atomic E-state index is 13.5. The number of nitrogens with one attached hydrogen (secondary N) is 2. The Labute approximate surface area is 191 Å². The molecule has 0 spiro atoms. The summed E-state index contributed by atoms with van der Waals surface area (Å²) < 4.78 is 0. The van der Waals surface area contributed by atoms with E-state index in [0.29, 0.717) is 28.7 Å². The Morgan fingerprint density at radius 3 is 2.91 bits per heavy atom. The minimum absolute atomic E-state index is 0.0465. The van der Waals surface area contributed by atoms with Gasteiger partial charge in [0.2, 0.25) is 5.91 Å². The van der Waals surface area contributed by atoms with Crippen molar-refractivity contribution in [2.45, 2.75) is 37.9 Å². The Kier molecular flexibility index (Phi) is 5.28. The summed E-state index contributed by atoms with van der Waals surface area (Å²) in [6, 6.07) is 14.9. The molecule has 2 heterocycles. The number of likely N-dealkylation sites (tertiary alicyclic amines) is 1. The fourth-order valence-electron chi connectivity index (χ4n) is 4.82. The summed E-state index contributed by atoms with van der Waals surface area (Å²) in [5.41, 5.74) is 2.82. The highest BCUT2D eigenvalue weighted by Crippen LogP contribution is 2.47. The quantitative estimate of drug-likeness (QED) is 0.728. The van der Waals surface area contributed by atoms with Crippen molar-refractivity contribution in [1.29, 1.82) is 5.26 Å². The number of para-hydroxylation sites is 2. The van der Waals surface area contributed by atoms with E-state index in [1.165, 1.54) is 0 Å². The van der Waals surface area contributed by atoms with Crippen LogP contribution in [0.2, 0.25) is 5.02 Å². The highest BCUT2D eigenvalue weighted by atomic mass is 35.5. The highest BCUT2D eigenvalue weighted by Gasteiger charge is 2.53. The van der Waals surface area contributed by atoms with Crippen molar-refractivity contribution in [3.05, 3.63) is 53.1 Å². The molecule has 2 aromatic rings. The van der Waals surface area contributed by atoms with Crippen LogP contribution in [0.4, 0.5) is 17.1 Å². The number of benzene rings is 2. The van der Waals surface area contributed by atoms with Crippen LogP contribution in [0.1, 0.15) is 30.1 Å². The lowest BCUT2D eigenvalue weighted by atomic mass is 10.1. The zero-order valence-corrected chi connectivity index (χ0v) is 18.5. The van der Waals surface area contributed by atoms with Crippen LogP contribution in [-0.4, -0.2) is 47.9 Å². The van der Waals surface area contributed by atoms with Gasteiger partial charge >= 0.3 is 0 Å². The van der Waals surface area contributed by atoms with E-state index in [4.69, 9.17) is 11.6 Å². The van der Waals surface area contributed by atoms with Gasteiger partial charge in [0.05, 0.1) is 35.2 Å². The molecule has 1 saturated heterocycles. The zero-order chi connectivity index (χ0) is 22.4. The van der Waals surface area contributed by atoms with Crippen LogP contribution in [0.3, 0.4) is 0 Å². The van der Waals surface area contributed by atoms with Gasteiger partial charge in [0.1, 0.15) is 6.04 Å². The molecule has 1 aliphatic carbocycles. The van der Waals surface area contributed by atoms with E-state index >= 15 is 0 Å². The predicted octanol–water partition coefficient (Wildman–Crippen LogP) is 3.53. The second-order valence-corrected chi connectivity index (χ2v) is 9.21. The normalized spacial score (nSPS) is 23.9. The molecule has 8 heteroatoms. The summed E-state index contributed by atoms with van der Waals surface area (Å²) in [6.45, 7) is 2.48. The number of amides is 2. The Hall–Kier alpha value is -3.08. The first-order valence-corrected chi connectivity index (χ1v) is 11.3. The molecule has 0 unspecified atom stereocenters. The average molecular weight is 450 g/mol. The molecule has 1 saturated carbocycles. The first-order valence-electron chi connectivity index (χ1n) is 10.9. The number of hydrogen-bond donors (Lipinski definition) is 2. The topological polar surface area (TPSA) is 88.5 Å². The summed E-state index contributed by atoms with van der Waals surface area (Å²) in [5.74, 6) is 0.297. The number of halogens is 1. The number of anilines is 3. The van der Waals surface area contributed by atoms with E-state index in [1.54, 1.807) is 21.9 Å². The van der Waals surface area contributed by atoms with Crippen LogP contribution in [0.25, 0.3) is 0 Å². The van der Waals surface area contributed by atoms with Crippen molar-refractivity contribution in [1.82, 2.24) is 10.2 Å². The number of fused-ring (bicyclic) bond motifs is 3. The Morgan fingerprint density at radius 1 is 1.28 bits per heavy atom. The summed E-state index contributed by atoms with van der Waals surface area (Å²) in [4.78, 5) is 29.7. The van der Waals surface area contributed by atoms with Gasteiger partial charge in [-0.3, -0.25) is 9.59 Å². The molecule has 7 nitrogen and oxygen atoms in total. The third kappa shape index (κ3) is 3.70. The first-order chi connectivity index (χ1) is 15.5. The first kappa shape index (κ1) is 20.8. The Morgan fingerprint density at radius 2 is 2.09 bits per heavy atom. The highest BCUT2D eigenvalue weighted by molar-refractivity contribution is 6.31. The van der Waals surface area contributed by atoms with Crippen LogP contribution in [0.15, 0.2) is 42.5 Å². The van der Waals surface area contributed by atoms with Crippen LogP contribution >= 0.6 is 11.6 Å². The van der Waals surface area contributed by atoms with Crippen molar-refractivity contribution in [2.75, 3.05) is 23.3 Å². The predicted molar refractivity (Wildman–Crippen MR) is 123 cm³/mol. The third-order valence-electron chi connectivity index (χ3n) is 6.52. The molecule has 2 amide bonds. The smallest absolute Gasteiger partial charge is 0.260 e. The lowest BCUT2D eigenvalue weighted by molar-refractivity contribution is -0.131. The van der Waals surface area contributed by atoms with Crippen LogP contribution in [0.5, 0.6) is 0 Å². The second kappa shape index (κ2) is 8.12. The Balaban J connectivity index is 1.32. The molecule has 2 aromatic carbocycles. The summed E-state index contributed by atoms with van der Waals surface area (Å²) in [5, 5.41) is 16.4. The molecule has 5 rings (SSSR count). The molecule has 2 aliphatic heterocycles. The van der Waals surface area contributed by atoms with E-state index < -0.39 is 0 Å². The van der Waals surface area contributed by atoms with Crippen molar-refractivity contribution >= 4 is 40.5 Å². The van der Waals surface area contributed by atoms with Gasteiger partial charge in [-0.2, -0.15) is 5.26 Å². The fourth-order valence-corrected chi connectivity index (χ4v) is 4.99. The molecule has 0 bridgehead atoms. The van der Waals surface area contributed by atoms with Gasteiger partial charge in [-0.05, 0) is 56.0 Å². The lowest BCUT2D eigenvalue weighted by Gasteiger charge is -2.28. The third-order valence-corrected chi connectivity index (χ3v) is 6.76. The minimum atomic E-state index is -0.310. The number of carbonyl (C=O) groups excluding carboxylic acids is 2. The molecule has 2 fully saturated rings.